The van der Waals surface area contributed by atoms with Crippen molar-refractivity contribution < 1.29 is 0 Å². The lowest BCUT2D eigenvalue weighted by atomic mass is 9.43. The normalized spacial score (nSPS) is 20.3. The third kappa shape index (κ3) is 6.13. The summed E-state index contributed by atoms with van der Waals surface area (Å²) in [6, 6.07) is 44.6. The highest BCUT2D eigenvalue weighted by Crippen LogP contribution is 2.58. The van der Waals surface area contributed by atoms with Crippen LogP contribution in [0.5, 0.6) is 0 Å². The molecule has 0 saturated carbocycles. The molecule has 5 aliphatic rings. The van der Waals surface area contributed by atoms with E-state index in [0.29, 0.717) is 0 Å². The molecule has 0 spiro atoms. The minimum absolute atomic E-state index is 0.0434. The number of fused-ring (bicyclic) bond motifs is 14. The minimum atomic E-state index is -0.0877. The van der Waals surface area contributed by atoms with E-state index in [2.05, 4.69) is 209 Å². The average Bonchev–Trinajstić information content (AvgIpc) is 3.90. The largest absolute Gasteiger partial charge is 0.376 e. The van der Waals surface area contributed by atoms with Gasteiger partial charge >= 0.3 is 6.85 Å². The van der Waals surface area contributed by atoms with Crippen LogP contribution in [0.25, 0.3) is 51.5 Å². The second-order valence-corrected chi connectivity index (χ2v) is 29.0. The van der Waals surface area contributed by atoms with Crippen molar-refractivity contribution in [2.45, 2.75) is 161 Å². The van der Waals surface area contributed by atoms with Crippen LogP contribution < -0.4 is 20.6 Å². The molecule has 2 nitrogen and oxygen atoms in total. The van der Waals surface area contributed by atoms with Gasteiger partial charge in [0.1, 0.15) is 0 Å². The Bertz CT molecular complexity index is 3870. The van der Waals surface area contributed by atoms with Gasteiger partial charge in [-0.15, -0.1) is 22.7 Å². The zero-order valence-electron chi connectivity index (χ0n) is 44.9. The summed E-state index contributed by atoms with van der Waals surface area (Å²) in [4.78, 5) is 5.66. The van der Waals surface area contributed by atoms with E-state index >= 15 is 0 Å². The molecule has 0 saturated heterocycles. The fourth-order valence-corrected chi connectivity index (χ4v) is 17.0. The Morgan fingerprint density at radius 3 is 1.56 bits per heavy atom. The standard InChI is InChI=1S/C67H69BN2S2/c1-38-30-47-50(66(10,11)28-26-63(47,4)5)35-53(38)69-55-37-58-43(40-18-14-16-20-56(40)71-58)34-52(55)68-59-44(32-45-41-19-15-17-21-57(41)72-61(45)60(59)69)42-33-49-51(67(12,13)29-27-65(49,8)9)36-54(42)70(68)39-22-23-46-48(31-39)64(6,7)25-24-62(46,2)3/h14-23,30-37H,24-29H2,1-13H3. The van der Waals surface area contributed by atoms with Crippen LogP contribution in [0.2, 0.25) is 0 Å². The summed E-state index contributed by atoms with van der Waals surface area (Å²) in [5, 5.41) is 5.43. The molecule has 362 valence electrons. The lowest BCUT2D eigenvalue weighted by Crippen LogP contribution is -2.61. The molecule has 2 aromatic heterocycles. The fraction of sp³-hybridized carbons (Fsp3) is 0.373. The van der Waals surface area contributed by atoms with Gasteiger partial charge in [-0.2, -0.15) is 0 Å². The van der Waals surface area contributed by atoms with E-state index < -0.39 is 0 Å². The Kier molecular flexibility index (Phi) is 9.10. The first-order chi connectivity index (χ1) is 34.0. The monoisotopic (exact) mass is 976 g/mol. The van der Waals surface area contributed by atoms with Gasteiger partial charge in [0.15, 0.2) is 0 Å². The zero-order chi connectivity index (χ0) is 50.0. The molecule has 0 fully saturated rings. The minimum Gasteiger partial charge on any atom is -0.376 e. The van der Waals surface area contributed by atoms with Gasteiger partial charge in [-0.05, 0) is 188 Å². The van der Waals surface area contributed by atoms with E-state index in [0.717, 1.165) is 0 Å². The Morgan fingerprint density at radius 1 is 0.417 bits per heavy atom. The number of nitrogens with zero attached hydrogens (tertiary/aromatic N) is 2. The highest BCUT2D eigenvalue weighted by molar-refractivity contribution is 7.27. The number of hydrogen-bond donors (Lipinski definition) is 0. The van der Waals surface area contributed by atoms with Gasteiger partial charge in [0, 0.05) is 64.0 Å². The molecule has 9 aromatic rings. The molecule has 4 heterocycles. The van der Waals surface area contributed by atoms with Gasteiger partial charge in [-0.1, -0.05) is 138 Å². The van der Waals surface area contributed by atoms with Crippen LogP contribution in [0, 0.1) is 6.92 Å². The Balaban J connectivity index is 1.18. The Morgan fingerprint density at radius 2 is 0.931 bits per heavy atom. The van der Waals surface area contributed by atoms with Crippen LogP contribution in [0.15, 0.2) is 109 Å². The first kappa shape index (κ1) is 45.3. The van der Waals surface area contributed by atoms with Crippen LogP contribution >= 0.6 is 22.7 Å². The topological polar surface area (TPSA) is 6.48 Å². The van der Waals surface area contributed by atoms with Crippen molar-refractivity contribution in [2.24, 2.45) is 0 Å². The molecular formula is C67H69BN2S2. The average molecular weight is 977 g/mol. The van der Waals surface area contributed by atoms with Crippen LogP contribution in [0.4, 0.5) is 28.4 Å². The molecule has 72 heavy (non-hydrogen) atoms. The molecule has 0 unspecified atom stereocenters. The number of thiophene rings is 2. The molecule has 0 bridgehead atoms. The van der Waals surface area contributed by atoms with Crippen LogP contribution in [-0.2, 0) is 32.5 Å². The number of hydrogen-bond acceptors (Lipinski definition) is 4. The maximum absolute atomic E-state index is 2.86. The van der Waals surface area contributed by atoms with Crippen molar-refractivity contribution in [1.29, 1.82) is 0 Å². The van der Waals surface area contributed by atoms with Crippen molar-refractivity contribution >= 4 is 109 Å². The molecule has 0 radical (unpaired) electrons. The third-order valence-electron chi connectivity index (χ3n) is 19.5. The van der Waals surface area contributed by atoms with E-state index in [1.54, 1.807) is 0 Å². The Labute approximate surface area is 436 Å². The van der Waals surface area contributed by atoms with Gasteiger partial charge in [0.05, 0.1) is 10.4 Å². The van der Waals surface area contributed by atoms with E-state index in [9.17, 15) is 0 Å². The van der Waals surface area contributed by atoms with E-state index in [1.165, 1.54) is 168 Å². The second-order valence-electron chi connectivity index (χ2n) is 26.9. The Hall–Kier alpha value is -5.36. The molecule has 3 aliphatic carbocycles. The first-order valence-electron chi connectivity index (χ1n) is 27.1. The van der Waals surface area contributed by atoms with Crippen LogP contribution in [0.1, 0.15) is 161 Å². The first-order valence-corrected chi connectivity index (χ1v) is 28.7. The molecule has 2 aliphatic heterocycles. The van der Waals surface area contributed by atoms with Crippen molar-refractivity contribution in [3.05, 3.63) is 148 Å². The van der Waals surface area contributed by atoms with Gasteiger partial charge < -0.3 is 9.71 Å². The molecule has 5 heteroatoms. The highest BCUT2D eigenvalue weighted by atomic mass is 32.1. The number of rotatable bonds is 2. The summed E-state index contributed by atoms with van der Waals surface area (Å²) in [5.41, 5.74) is 23.1. The maximum atomic E-state index is 2.86. The molecule has 0 N–H and O–H groups in total. The third-order valence-corrected chi connectivity index (χ3v) is 21.9. The van der Waals surface area contributed by atoms with Crippen molar-refractivity contribution in [3.8, 4) is 11.1 Å². The summed E-state index contributed by atoms with van der Waals surface area (Å²) >= 11 is 3.95. The van der Waals surface area contributed by atoms with E-state index in [-0.39, 0.29) is 39.3 Å². The molecule has 14 rings (SSSR count). The number of aryl methyl sites for hydroxylation is 1. The fourth-order valence-electron chi connectivity index (χ4n) is 14.7. The molecular weight excluding hydrogens is 908 g/mol. The van der Waals surface area contributed by atoms with Gasteiger partial charge in [0.2, 0.25) is 0 Å². The number of benzene rings is 7. The molecule has 0 atom stereocenters. The van der Waals surface area contributed by atoms with Gasteiger partial charge in [-0.3, -0.25) is 0 Å². The number of anilines is 5. The second kappa shape index (κ2) is 14.5. The summed E-state index contributed by atoms with van der Waals surface area (Å²) in [6.45, 7) is 32.2. The van der Waals surface area contributed by atoms with Gasteiger partial charge in [-0.25, -0.2) is 0 Å². The lowest BCUT2D eigenvalue weighted by molar-refractivity contribution is 0.332. The summed E-state index contributed by atoms with van der Waals surface area (Å²) in [6.07, 6.45) is 7.11. The van der Waals surface area contributed by atoms with Gasteiger partial charge in [0.25, 0.3) is 0 Å². The highest BCUT2D eigenvalue weighted by Gasteiger charge is 2.50. The van der Waals surface area contributed by atoms with Crippen LogP contribution in [-0.4, -0.2) is 6.85 Å². The predicted octanol–water partition coefficient (Wildman–Crippen LogP) is 18.5. The van der Waals surface area contributed by atoms with Crippen LogP contribution in [0.3, 0.4) is 0 Å². The lowest BCUT2D eigenvalue weighted by Gasteiger charge is -2.49. The smallest absolute Gasteiger partial charge is 0.333 e. The molecule has 7 aromatic carbocycles. The summed E-state index contributed by atoms with van der Waals surface area (Å²) in [7, 11) is 0. The summed E-state index contributed by atoms with van der Waals surface area (Å²) in [5.74, 6) is 0. The molecule has 0 amide bonds. The predicted molar refractivity (Wildman–Crippen MR) is 317 cm³/mol. The maximum Gasteiger partial charge on any atom is 0.333 e. The summed E-state index contributed by atoms with van der Waals surface area (Å²) < 4.78 is 5.43. The van der Waals surface area contributed by atoms with Crippen molar-refractivity contribution in [1.82, 2.24) is 0 Å². The van der Waals surface area contributed by atoms with Crippen molar-refractivity contribution in [3.63, 3.8) is 0 Å². The quantitative estimate of drug-likeness (QED) is 0.159. The zero-order valence-corrected chi connectivity index (χ0v) is 46.6. The SMILES string of the molecule is Cc1cc2c(cc1N1c3cc4sc5ccccc5c4cc3B3c4c(cc5c(sc6ccccc65)c41)-c1cc4c(cc1N3c1ccc3c(c1)C(C)(C)CCC3(C)C)C(C)(C)CCC4(C)C)C(C)(C)CCC2(C)C. The van der Waals surface area contributed by atoms with Crippen molar-refractivity contribution in [2.75, 3.05) is 9.71 Å². The van der Waals surface area contributed by atoms with E-state index in [1.807, 2.05) is 22.7 Å². The van der Waals surface area contributed by atoms with E-state index in [4.69, 9.17) is 0 Å².